The fraction of sp³-hybridized carbons (Fsp3) is 0.167. The van der Waals surface area contributed by atoms with Gasteiger partial charge in [0, 0.05) is 24.1 Å². The summed E-state index contributed by atoms with van der Waals surface area (Å²) < 4.78 is 0.406. The normalized spacial score (nSPS) is 13.0. The molecular formula is C12H10N2OS. The van der Waals surface area contributed by atoms with Crippen LogP contribution in [0.3, 0.4) is 0 Å². The predicted octanol–water partition coefficient (Wildman–Crippen LogP) is 1.93. The van der Waals surface area contributed by atoms with Crippen LogP contribution >= 0.6 is 12.2 Å². The molecule has 0 spiro atoms. The molecule has 80 valence electrons. The molecule has 2 N–H and O–H groups in total. The summed E-state index contributed by atoms with van der Waals surface area (Å²) in [4.78, 5) is 17.5. The summed E-state index contributed by atoms with van der Waals surface area (Å²) in [6, 6.07) is 8.18. The smallest absolute Gasteiger partial charge is 0.255 e. The summed E-state index contributed by atoms with van der Waals surface area (Å²) >= 11 is 4.97. The van der Waals surface area contributed by atoms with Gasteiger partial charge in [0.2, 0.25) is 0 Å². The van der Waals surface area contributed by atoms with Gasteiger partial charge in [-0.15, -0.1) is 0 Å². The molecule has 0 radical (unpaired) electrons. The van der Waals surface area contributed by atoms with Crippen LogP contribution in [0.2, 0.25) is 0 Å². The highest BCUT2D eigenvalue weighted by atomic mass is 32.1. The lowest BCUT2D eigenvalue weighted by molar-refractivity contribution is 0.881. The molecule has 0 saturated heterocycles. The van der Waals surface area contributed by atoms with Gasteiger partial charge in [-0.2, -0.15) is 0 Å². The van der Waals surface area contributed by atoms with E-state index in [9.17, 15) is 4.79 Å². The largest absolute Gasteiger partial charge is 0.335 e. The van der Waals surface area contributed by atoms with E-state index in [1.807, 2.05) is 12.1 Å². The van der Waals surface area contributed by atoms with E-state index >= 15 is 0 Å². The van der Waals surface area contributed by atoms with Crippen molar-refractivity contribution in [1.82, 2.24) is 9.97 Å². The highest BCUT2D eigenvalue weighted by molar-refractivity contribution is 7.71. The number of rotatable bonds is 0. The van der Waals surface area contributed by atoms with Gasteiger partial charge in [0.05, 0.1) is 0 Å². The maximum atomic E-state index is 11.8. The molecule has 0 bridgehead atoms. The fourth-order valence-electron chi connectivity index (χ4n) is 2.18. The molecule has 16 heavy (non-hydrogen) atoms. The van der Waals surface area contributed by atoms with Crippen molar-refractivity contribution in [2.45, 2.75) is 12.8 Å². The second-order valence-corrected chi connectivity index (χ2v) is 4.40. The Kier molecular flexibility index (Phi) is 2.04. The average Bonchev–Trinajstić information content (AvgIpc) is 2.27. The minimum absolute atomic E-state index is 0.0618. The number of fused-ring (bicyclic) bond motifs is 2. The molecular weight excluding hydrogens is 220 g/mol. The van der Waals surface area contributed by atoms with Crippen molar-refractivity contribution in [3.05, 3.63) is 61.8 Å². The van der Waals surface area contributed by atoms with E-state index in [0.29, 0.717) is 11.2 Å². The molecule has 1 heterocycles. The van der Waals surface area contributed by atoms with Crippen LogP contribution in [0, 0.1) is 4.77 Å². The Balaban J connectivity index is 2.23. The Bertz CT molecular complexity index is 669. The van der Waals surface area contributed by atoms with Crippen LogP contribution in [0.4, 0.5) is 0 Å². The lowest BCUT2D eigenvalue weighted by Gasteiger charge is -2.17. The first kappa shape index (κ1) is 9.54. The summed E-state index contributed by atoms with van der Waals surface area (Å²) in [5.41, 5.74) is 4.20. The van der Waals surface area contributed by atoms with Crippen LogP contribution in [0.5, 0.6) is 0 Å². The lowest BCUT2D eigenvalue weighted by atomic mass is 9.90. The Hall–Kier alpha value is -1.68. The molecule has 0 saturated carbocycles. The number of aromatic nitrogens is 2. The first-order valence-corrected chi connectivity index (χ1v) is 5.56. The lowest BCUT2D eigenvalue weighted by Crippen LogP contribution is -2.22. The van der Waals surface area contributed by atoms with E-state index in [4.69, 9.17) is 12.2 Å². The van der Waals surface area contributed by atoms with Gasteiger partial charge in [0.25, 0.3) is 5.56 Å². The predicted molar refractivity (Wildman–Crippen MR) is 64.3 cm³/mol. The van der Waals surface area contributed by atoms with E-state index in [2.05, 4.69) is 22.1 Å². The van der Waals surface area contributed by atoms with Gasteiger partial charge in [-0.05, 0) is 23.3 Å². The molecule has 1 aromatic heterocycles. The van der Waals surface area contributed by atoms with Crippen molar-refractivity contribution in [2.75, 3.05) is 0 Å². The molecule has 0 aliphatic heterocycles. The summed E-state index contributed by atoms with van der Waals surface area (Å²) in [5.74, 6) is 0. The van der Waals surface area contributed by atoms with Crippen molar-refractivity contribution in [3.8, 4) is 0 Å². The van der Waals surface area contributed by atoms with E-state index < -0.39 is 0 Å². The van der Waals surface area contributed by atoms with Gasteiger partial charge in [-0.25, -0.2) is 0 Å². The van der Waals surface area contributed by atoms with Crippen LogP contribution in [0.15, 0.2) is 29.1 Å². The van der Waals surface area contributed by atoms with Crippen LogP contribution in [0.25, 0.3) is 0 Å². The van der Waals surface area contributed by atoms with Crippen LogP contribution < -0.4 is 5.56 Å². The van der Waals surface area contributed by atoms with Gasteiger partial charge in [0.1, 0.15) is 0 Å². The third-order valence-electron chi connectivity index (χ3n) is 2.98. The number of benzene rings is 1. The fourth-order valence-corrected chi connectivity index (χ4v) is 2.40. The minimum atomic E-state index is -0.0618. The van der Waals surface area contributed by atoms with Crippen LogP contribution in [-0.4, -0.2) is 9.97 Å². The van der Waals surface area contributed by atoms with Crippen LogP contribution in [0.1, 0.15) is 22.4 Å². The summed E-state index contributed by atoms with van der Waals surface area (Å²) in [6.45, 7) is 0. The topological polar surface area (TPSA) is 48.6 Å². The molecule has 3 rings (SSSR count). The molecule has 0 atom stereocenters. The van der Waals surface area contributed by atoms with Crippen molar-refractivity contribution >= 4 is 12.2 Å². The van der Waals surface area contributed by atoms with Gasteiger partial charge in [-0.3, -0.25) is 9.78 Å². The van der Waals surface area contributed by atoms with E-state index in [0.717, 1.165) is 17.7 Å². The monoisotopic (exact) mass is 230 g/mol. The van der Waals surface area contributed by atoms with E-state index in [1.54, 1.807) is 0 Å². The minimum Gasteiger partial charge on any atom is -0.335 e. The van der Waals surface area contributed by atoms with Crippen molar-refractivity contribution in [3.63, 3.8) is 0 Å². The molecule has 0 fully saturated rings. The van der Waals surface area contributed by atoms with Gasteiger partial charge < -0.3 is 4.98 Å². The number of H-pyrrole nitrogens is 2. The first-order valence-electron chi connectivity index (χ1n) is 5.15. The summed E-state index contributed by atoms with van der Waals surface area (Å²) in [7, 11) is 0. The molecule has 4 heteroatoms. The highest BCUT2D eigenvalue weighted by Gasteiger charge is 2.17. The molecule has 1 aliphatic carbocycles. The molecule has 0 unspecified atom stereocenters. The number of nitrogens with one attached hydrogen (secondary N) is 2. The zero-order valence-corrected chi connectivity index (χ0v) is 9.36. The number of hydrogen-bond acceptors (Lipinski definition) is 2. The number of hydrogen-bond donors (Lipinski definition) is 2. The molecule has 3 nitrogen and oxygen atoms in total. The van der Waals surface area contributed by atoms with Gasteiger partial charge in [-0.1, -0.05) is 24.3 Å². The van der Waals surface area contributed by atoms with E-state index in [-0.39, 0.29) is 5.56 Å². The molecule has 1 aliphatic rings. The Morgan fingerprint density at radius 3 is 2.50 bits per heavy atom. The first-order chi connectivity index (χ1) is 7.74. The zero-order valence-electron chi connectivity index (χ0n) is 8.54. The average molecular weight is 230 g/mol. The van der Waals surface area contributed by atoms with Gasteiger partial charge >= 0.3 is 0 Å². The van der Waals surface area contributed by atoms with Gasteiger partial charge in [0.15, 0.2) is 4.77 Å². The third-order valence-corrected chi connectivity index (χ3v) is 3.19. The number of aromatic amines is 2. The van der Waals surface area contributed by atoms with Crippen LogP contribution in [-0.2, 0) is 12.8 Å². The SMILES string of the molecule is O=c1[nH]c(=S)[nH]c2c1Cc1ccccc1C2. The van der Waals surface area contributed by atoms with E-state index in [1.165, 1.54) is 11.1 Å². The molecule has 2 aromatic rings. The zero-order chi connectivity index (χ0) is 11.1. The Labute approximate surface area is 97.2 Å². The molecule has 0 amide bonds. The highest BCUT2D eigenvalue weighted by Crippen LogP contribution is 2.22. The van der Waals surface area contributed by atoms with Crippen molar-refractivity contribution < 1.29 is 0 Å². The third kappa shape index (κ3) is 1.42. The quantitative estimate of drug-likeness (QED) is 0.580. The second-order valence-electron chi connectivity index (χ2n) is 3.99. The second kappa shape index (κ2) is 3.42. The summed E-state index contributed by atoms with van der Waals surface area (Å²) in [6.07, 6.45) is 1.45. The molecule has 1 aromatic carbocycles. The standard InChI is InChI=1S/C12H10N2OS/c15-11-9-5-7-3-1-2-4-8(7)6-10(9)13-12(16)14-11/h1-4H,5-6H2,(H2,13,14,15,16). The van der Waals surface area contributed by atoms with Crippen molar-refractivity contribution in [1.29, 1.82) is 0 Å². The summed E-state index contributed by atoms with van der Waals surface area (Å²) in [5, 5.41) is 0. The maximum absolute atomic E-state index is 11.8. The maximum Gasteiger partial charge on any atom is 0.255 e. The van der Waals surface area contributed by atoms with Crippen molar-refractivity contribution in [2.24, 2.45) is 0 Å². The Morgan fingerprint density at radius 2 is 1.75 bits per heavy atom. The Morgan fingerprint density at radius 1 is 1.06 bits per heavy atom.